The molecular weight excluding hydrogens is 324 g/mol. The van der Waals surface area contributed by atoms with E-state index >= 15 is 0 Å². The summed E-state index contributed by atoms with van der Waals surface area (Å²) in [4.78, 5) is 33.1. The standard InChI is InChI=1S/C17H18N4O4/c1-12(22)20-15-6-2-4-13(8-15)10-18-17(23)19-11-14-5-3-7-16(9-14)21(24)25/h2-9H,10-11H2,1H3,(H,20,22)(H2,18,19,23). The highest BCUT2D eigenvalue weighted by molar-refractivity contribution is 5.88. The molecule has 0 aliphatic rings. The number of amides is 3. The summed E-state index contributed by atoms with van der Waals surface area (Å²) in [6.07, 6.45) is 0. The zero-order chi connectivity index (χ0) is 18.2. The van der Waals surface area contributed by atoms with Gasteiger partial charge in [0.05, 0.1) is 4.92 Å². The van der Waals surface area contributed by atoms with Crippen LogP contribution in [0, 0.1) is 10.1 Å². The van der Waals surface area contributed by atoms with Crippen LogP contribution in [0.3, 0.4) is 0 Å². The maximum atomic E-state index is 11.8. The van der Waals surface area contributed by atoms with E-state index in [2.05, 4.69) is 16.0 Å². The molecule has 2 aromatic rings. The van der Waals surface area contributed by atoms with E-state index in [9.17, 15) is 19.7 Å². The minimum absolute atomic E-state index is 0.0190. The smallest absolute Gasteiger partial charge is 0.315 e. The first kappa shape index (κ1) is 17.9. The number of nitrogens with one attached hydrogen (secondary N) is 3. The van der Waals surface area contributed by atoms with Crippen LogP contribution in [0.1, 0.15) is 18.1 Å². The van der Waals surface area contributed by atoms with Crippen LogP contribution in [0.15, 0.2) is 48.5 Å². The molecule has 0 bridgehead atoms. The van der Waals surface area contributed by atoms with Crippen LogP contribution in [0.2, 0.25) is 0 Å². The Morgan fingerprint density at radius 3 is 2.20 bits per heavy atom. The predicted octanol–water partition coefficient (Wildman–Crippen LogP) is 2.55. The van der Waals surface area contributed by atoms with Crippen molar-refractivity contribution in [1.82, 2.24) is 10.6 Å². The van der Waals surface area contributed by atoms with Crippen molar-refractivity contribution in [3.63, 3.8) is 0 Å². The molecule has 8 nitrogen and oxygen atoms in total. The second-order valence-electron chi connectivity index (χ2n) is 5.34. The molecule has 0 fully saturated rings. The third-order valence-electron chi connectivity index (χ3n) is 3.27. The van der Waals surface area contributed by atoms with Crippen molar-refractivity contribution in [3.8, 4) is 0 Å². The molecule has 0 aromatic heterocycles. The molecule has 0 unspecified atom stereocenters. The number of rotatable bonds is 6. The van der Waals surface area contributed by atoms with Crippen LogP contribution in [-0.4, -0.2) is 16.9 Å². The molecular formula is C17H18N4O4. The Labute approximate surface area is 144 Å². The molecule has 3 N–H and O–H groups in total. The Morgan fingerprint density at radius 1 is 1.00 bits per heavy atom. The largest absolute Gasteiger partial charge is 0.334 e. The van der Waals surface area contributed by atoms with E-state index in [0.29, 0.717) is 11.3 Å². The number of carbonyl (C=O) groups is 2. The van der Waals surface area contributed by atoms with Crippen molar-refractivity contribution in [1.29, 1.82) is 0 Å². The van der Waals surface area contributed by atoms with Gasteiger partial charge in [-0.3, -0.25) is 14.9 Å². The number of non-ortho nitro benzene ring substituents is 1. The van der Waals surface area contributed by atoms with Crippen LogP contribution >= 0.6 is 0 Å². The molecule has 2 aromatic carbocycles. The molecule has 0 aliphatic carbocycles. The van der Waals surface area contributed by atoms with Gasteiger partial charge in [-0.1, -0.05) is 24.3 Å². The number of hydrogen-bond acceptors (Lipinski definition) is 4. The van der Waals surface area contributed by atoms with Crippen molar-refractivity contribution in [2.45, 2.75) is 20.0 Å². The molecule has 0 saturated heterocycles. The van der Waals surface area contributed by atoms with Crippen LogP contribution < -0.4 is 16.0 Å². The Kier molecular flexibility index (Phi) is 6.05. The summed E-state index contributed by atoms with van der Waals surface area (Å²) in [5.74, 6) is -0.167. The monoisotopic (exact) mass is 342 g/mol. The molecule has 0 heterocycles. The maximum Gasteiger partial charge on any atom is 0.315 e. The summed E-state index contributed by atoms with van der Waals surface area (Å²) >= 11 is 0. The molecule has 2 rings (SSSR count). The summed E-state index contributed by atoms with van der Waals surface area (Å²) in [6, 6.07) is 12.8. The summed E-state index contributed by atoms with van der Waals surface area (Å²) in [5, 5.41) is 18.7. The Bertz CT molecular complexity index is 792. The zero-order valence-electron chi connectivity index (χ0n) is 13.6. The van der Waals surface area contributed by atoms with E-state index in [4.69, 9.17) is 0 Å². The normalized spacial score (nSPS) is 9.96. The molecule has 3 amide bonds. The summed E-state index contributed by atoms with van der Waals surface area (Å²) in [7, 11) is 0. The van der Waals surface area contributed by atoms with E-state index < -0.39 is 11.0 Å². The van der Waals surface area contributed by atoms with Crippen LogP contribution in [0.4, 0.5) is 16.2 Å². The van der Waals surface area contributed by atoms with Gasteiger partial charge in [-0.05, 0) is 23.3 Å². The molecule has 0 aliphatic heterocycles. The van der Waals surface area contributed by atoms with Gasteiger partial charge in [0.2, 0.25) is 5.91 Å². The van der Waals surface area contributed by atoms with E-state index in [1.807, 2.05) is 6.07 Å². The van der Waals surface area contributed by atoms with Gasteiger partial charge in [0.15, 0.2) is 0 Å². The van der Waals surface area contributed by atoms with Crippen LogP contribution in [0.5, 0.6) is 0 Å². The first-order valence-corrected chi connectivity index (χ1v) is 7.55. The molecule has 8 heteroatoms. The average molecular weight is 342 g/mol. The number of benzene rings is 2. The average Bonchev–Trinajstić information content (AvgIpc) is 2.58. The van der Waals surface area contributed by atoms with Crippen molar-refractivity contribution in [3.05, 3.63) is 69.8 Å². The van der Waals surface area contributed by atoms with Gasteiger partial charge in [0.1, 0.15) is 0 Å². The second-order valence-corrected chi connectivity index (χ2v) is 5.34. The predicted molar refractivity (Wildman–Crippen MR) is 92.9 cm³/mol. The number of carbonyl (C=O) groups excluding carboxylic acids is 2. The van der Waals surface area contributed by atoms with Crippen molar-refractivity contribution in [2.75, 3.05) is 5.32 Å². The fraction of sp³-hybridized carbons (Fsp3) is 0.176. The number of nitrogens with zero attached hydrogens (tertiary/aromatic N) is 1. The second kappa shape index (κ2) is 8.44. The minimum Gasteiger partial charge on any atom is -0.334 e. The fourth-order valence-electron chi connectivity index (χ4n) is 2.17. The molecule has 0 saturated carbocycles. The highest BCUT2D eigenvalue weighted by Crippen LogP contribution is 2.13. The van der Waals surface area contributed by atoms with Crippen LogP contribution in [-0.2, 0) is 17.9 Å². The lowest BCUT2D eigenvalue weighted by molar-refractivity contribution is -0.384. The Balaban J connectivity index is 1.84. The van der Waals surface area contributed by atoms with Gasteiger partial charge in [-0.2, -0.15) is 0 Å². The molecule has 130 valence electrons. The number of hydrogen-bond donors (Lipinski definition) is 3. The number of nitro groups is 1. The highest BCUT2D eigenvalue weighted by Gasteiger charge is 2.07. The topological polar surface area (TPSA) is 113 Å². The lowest BCUT2D eigenvalue weighted by atomic mass is 10.2. The first-order valence-electron chi connectivity index (χ1n) is 7.55. The Morgan fingerprint density at radius 2 is 1.60 bits per heavy atom. The van der Waals surface area contributed by atoms with E-state index in [1.54, 1.807) is 30.3 Å². The zero-order valence-corrected chi connectivity index (χ0v) is 13.6. The van der Waals surface area contributed by atoms with Gasteiger partial charge >= 0.3 is 6.03 Å². The number of nitro benzene ring substituents is 1. The van der Waals surface area contributed by atoms with Gasteiger partial charge in [-0.15, -0.1) is 0 Å². The van der Waals surface area contributed by atoms with Crippen molar-refractivity contribution >= 4 is 23.3 Å². The summed E-state index contributed by atoms with van der Waals surface area (Å²) in [6.45, 7) is 1.89. The van der Waals surface area contributed by atoms with Gasteiger partial charge in [0, 0.05) is 37.8 Å². The van der Waals surface area contributed by atoms with Crippen LogP contribution in [0.25, 0.3) is 0 Å². The summed E-state index contributed by atoms with van der Waals surface area (Å²) in [5.41, 5.74) is 2.10. The fourth-order valence-corrected chi connectivity index (χ4v) is 2.17. The molecule has 0 radical (unpaired) electrons. The Hall–Kier alpha value is -3.42. The van der Waals surface area contributed by atoms with Gasteiger partial charge < -0.3 is 16.0 Å². The molecule has 0 spiro atoms. The summed E-state index contributed by atoms with van der Waals surface area (Å²) < 4.78 is 0. The number of urea groups is 1. The highest BCUT2D eigenvalue weighted by atomic mass is 16.6. The lowest BCUT2D eigenvalue weighted by Gasteiger charge is -2.09. The molecule has 0 atom stereocenters. The van der Waals surface area contributed by atoms with Crippen molar-refractivity contribution in [2.24, 2.45) is 0 Å². The van der Waals surface area contributed by atoms with E-state index in [-0.39, 0.29) is 24.7 Å². The number of anilines is 1. The van der Waals surface area contributed by atoms with E-state index in [0.717, 1.165) is 5.56 Å². The third-order valence-corrected chi connectivity index (χ3v) is 3.27. The lowest BCUT2D eigenvalue weighted by Crippen LogP contribution is -2.34. The van der Waals surface area contributed by atoms with Gasteiger partial charge in [0.25, 0.3) is 5.69 Å². The minimum atomic E-state index is -0.481. The van der Waals surface area contributed by atoms with E-state index in [1.165, 1.54) is 19.1 Å². The third kappa shape index (κ3) is 5.94. The SMILES string of the molecule is CC(=O)Nc1cccc(CNC(=O)NCc2cccc([N+](=O)[O-])c2)c1. The first-order chi connectivity index (χ1) is 11.9. The van der Waals surface area contributed by atoms with Crippen molar-refractivity contribution < 1.29 is 14.5 Å². The molecule has 25 heavy (non-hydrogen) atoms. The maximum absolute atomic E-state index is 11.8. The quantitative estimate of drug-likeness (QED) is 0.553. The van der Waals surface area contributed by atoms with Gasteiger partial charge in [-0.25, -0.2) is 4.79 Å².